The Labute approximate surface area is 184 Å². The lowest BCUT2D eigenvalue weighted by atomic mass is 9.98. The van der Waals surface area contributed by atoms with Gasteiger partial charge in [0.25, 0.3) is 0 Å². The van der Waals surface area contributed by atoms with Gasteiger partial charge in [0.2, 0.25) is 17.7 Å². The summed E-state index contributed by atoms with van der Waals surface area (Å²) in [5.41, 5.74) is 5.90. The predicted octanol–water partition coefficient (Wildman–Crippen LogP) is -0.0183. The average Bonchev–Trinajstić information content (AvgIpc) is 2.66. The van der Waals surface area contributed by atoms with Gasteiger partial charge >= 0.3 is 5.97 Å². The van der Waals surface area contributed by atoms with Gasteiger partial charge in [-0.1, -0.05) is 48.0 Å². The molecule has 6 atom stereocenters. The van der Waals surface area contributed by atoms with Crippen molar-refractivity contribution in [1.29, 1.82) is 0 Å². The molecule has 10 heteroatoms. The number of carboxylic acids is 1. The Balaban J connectivity index is 5.46. The van der Waals surface area contributed by atoms with Gasteiger partial charge < -0.3 is 31.9 Å². The summed E-state index contributed by atoms with van der Waals surface area (Å²) in [6, 6.07) is -4.31. The number of carbonyl (C=O) groups is 4. The number of nitrogens with two attached hydrogens (primary N) is 1. The minimum atomic E-state index is -1.31. The largest absolute Gasteiger partial charge is 0.480 e. The second-order valence-corrected chi connectivity index (χ2v) is 8.90. The standard InChI is InChI=1S/C21H40N4O6/c1-8-12(6)15(22)19(28)25-17(13(7)26)20(29)23-14(9-10(2)3)18(27)24-16(11(4)5)21(30)31/h10-17,26H,8-9,22H2,1-7H3,(H,23,29)(H,24,27)(H,25,28)(H,30,31). The molecule has 0 fully saturated rings. The van der Waals surface area contributed by atoms with Gasteiger partial charge in [-0.05, 0) is 31.1 Å². The van der Waals surface area contributed by atoms with Crippen LogP contribution in [0.15, 0.2) is 0 Å². The van der Waals surface area contributed by atoms with Crippen molar-refractivity contribution in [2.75, 3.05) is 0 Å². The SMILES string of the molecule is CCC(C)C(N)C(=O)NC(C(=O)NC(CC(C)C)C(=O)NC(C(=O)O)C(C)C)C(C)O. The van der Waals surface area contributed by atoms with Gasteiger partial charge in [0.15, 0.2) is 0 Å². The molecule has 0 saturated heterocycles. The van der Waals surface area contributed by atoms with Crippen molar-refractivity contribution in [2.24, 2.45) is 23.5 Å². The number of rotatable bonds is 13. The van der Waals surface area contributed by atoms with Crippen molar-refractivity contribution >= 4 is 23.7 Å². The Hall–Kier alpha value is -2.20. The van der Waals surface area contributed by atoms with Gasteiger partial charge in [0.05, 0.1) is 12.1 Å². The number of carboxylic acid groups (broad SMARTS) is 1. The van der Waals surface area contributed by atoms with Gasteiger partial charge in [-0.3, -0.25) is 14.4 Å². The summed E-state index contributed by atoms with van der Waals surface area (Å²) in [6.07, 6.45) is -0.329. The van der Waals surface area contributed by atoms with E-state index in [9.17, 15) is 29.4 Å². The fraction of sp³-hybridized carbons (Fsp3) is 0.810. The molecule has 0 aliphatic rings. The second kappa shape index (κ2) is 13.3. The minimum Gasteiger partial charge on any atom is -0.480 e. The second-order valence-electron chi connectivity index (χ2n) is 8.90. The fourth-order valence-electron chi connectivity index (χ4n) is 2.90. The topological polar surface area (TPSA) is 171 Å². The van der Waals surface area contributed by atoms with Crippen LogP contribution in [-0.4, -0.2) is 64.2 Å². The van der Waals surface area contributed by atoms with Crippen LogP contribution in [0.2, 0.25) is 0 Å². The van der Waals surface area contributed by atoms with Crippen molar-refractivity contribution in [3.8, 4) is 0 Å². The zero-order valence-corrected chi connectivity index (χ0v) is 19.6. The predicted molar refractivity (Wildman–Crippen MR) is 117 cm³/mol. The van der Waals surface area contributed by atoms with E-state index in [-0.39, 0.29) is 24.2 Å². The van der Waals surface area contributed by atoms with Gasteiger partial charge in [-0.2, -0.15) is 0 Å². The molecule has 0 heterocycles. The van der Waals surface area contributed by atoms with Crippen LogP contribution in [0, 0.1) is 17.8 Å². The number of carbonyl (C=O) groups excluding carboxylic acids is 3. The summed E-state index contributed by atoms with van der Waals surface area (Å²) in [5.74, 6) is -3.62. The molecular weight excluding hydrogens is 404 g/mol. The van der Waals surface area contributed by atoms with Crippen LogP contribution in [0.1, 0.15) is 61.3 Å². The van der Waals surface area contributed by atoms with Crippen molar-refractivity contribution in [3.63, 3.8) is 0 Å². The quantitative estimate of drug-likeness (QED) is 0.232. The number of amides is 3. The smallest absolute Gasteiger partial charge is 0.326 e. The highest BCUT2D eigenvalue weighted by Gasteiger charge is 2.33. The van der Waals surface area contributed by atoms with Gasteiger partial charge in [0.1, 0.15) is 18.1 Å². The highest BCUT2D eigenvalue weighted by molar-refractivity contribution is 5.94. The first-order valence-electron chi connectivity index (χ1n) is 10.8. The number of aliphatic carboxylic acids is 1. The van der Waals surface area contributed by atoms with Crippen molar-refractivity contribution in [1.82, 2.24) is 16.0 Å². The van der Waals surface area contributed by atoms with E-state index in [1.54, 1.807) is 20.8 Å². The lowest BCUT2D eigenvalue weighted by molar-refractivity contribution is -0.143. The molecule has 0 aromatic carbocycles. The van der Waals surface area contributed by atoms with Crippen LogP contribution in [0.3, 0.4) is 0 Å². The number of hydrogen-bond acceptors (Lipinski definition) is 6. The van der Waals surface area contributed by atoms with Crippen LogP contribution in [0.4, 0.5) is 0 Å². The van der Waals surface area contributed by atoms with Gasteiger partial charge in [-0.15, -0.1) is 0 Å². The first-order chi connectivity index (χ1) is 14.2. The van der Waals surface area contributed by atoms with Crippen LogP contribution in [0.5, 0.6) is 0 Å². The molecule has 0 saturated carbocycles. The third-order valence-electron chi connectivity index (χ3n) is 5.19. The summed E-state index contributed by atoms with van der Waals surface area (Å²) in [4.78, 5) is 49.3. The maximum absolute atomic E-state index is 12.8. The first-order valence-corrected chi connectivity index (χ1v) is 10.8. The van der Waals surface area contributed by atoms with Crippen LogP contribution >= 0.6 is 0 Å². The van der Waals surface area contributed by atoms with E-state index >= 15 is 0 Å². The van der Waals surface area contributed by atoms with Crippen molar-refractivity contribution < 1.29 is 29.4 Å². The molecule has 0 aromatic rings. The number of aliphatic hydroxyl groups is 1. The van der Waals surface area contributed by atoms with E-state index in [0.29, 0.717) is 6.42 Å². The third-order valence-corrected chi connectivity index (χ3v) is 5.19. The molecule has 10 nitrogen and oxygen atoms in total. The van der Waals surface area contributed by atoms with Crippen LogP contribution in [0.25, 0.3) is 0 Å². The minimum absolute atomic E-state index is 0.0109. The molecule has 0 radical (unpaired) electrons. The van der Waals surface area contributed by atoms with E-state index in [0.717, 1.165) is 0 Å². The van der Waals surface area contributed by atoms with E-state index in [2.05, 4.69) is 16.0 Å². The molecule has 0 aliphatic carbocycles. The Kier molecular flexibility index (Phi) is 12.3. The van der Waals surface area contributed by atoms with Crippen LogP contribution < -0.4 is 21.7 Å². The van der Waals surface area contributed by atoms with Gasteiger partial charge in [-0.25, -0.2) is 4.79 Å². The zero-order chi connectivity index (χ0) is 24.5. The summed E-state index contributed by atoms with van der Waals surface area (Å²) in [7, 11) is 0. The molecule has 0 rings (SSSR count). The molecule has 0 spiro atoms. The summed E-state index contributed by atoms with van der Waals surface area (Å²) < 4.78 is 0. The molecule has 7 N–H and O–H groups in total. The molecule has 0 aliphatic heterocycles. The highest BCUT2D eigenvalue weighted by Crippen LogP contribution is 2.10. The first kappa shape index (κ1) is 28.8. The van der Waals surface area contributed by atoms with Crippen molar-refractivity contribution in [2.45, 2.75) is 91.6 Å². The van der Waals surface area contributed by atoms with Crippen molar-refractivity contribution in [3.05, 3.63) is 0 Å². The summed E-state index contributed by atoms with van der Waals surface area (Å²) >= 11 is 0. The fourth-order valence-corrected chi connectivity index (χ4v) is 2.90. The molecule has 6 unspecified atom stereocenters. The molecular formula is C21H40N4O6. The van der Waals surface area contributed by atoms with E-state index in [1.165, 1.54) is 6.92 Å². The lowest BCUT2D eigenvalue weighted by Gasteiger charge is -2.28. The Morgan fingerprint density at radius 2 is 1.35 bits per heavy atom. The van der Waals surface area contributed by atoms with Gasteiger partial charge in [0, 0.05) is 0 Å². The highest BCUT2D eigenvalue weighted by atomic mass is 16.4. The molecule has 31 heavy (non-hydrogen) atoms. The van der Waals surface area contributed by atoms with E-state index in [1.807, 2.05) is 20.8 Å². The lowest BCUT2D eigenvalue weighted by Crippen LogP contribution is -2.60. The molecule has 0 aromatic heterocycles. The zero-order valence-electron chi connectivity index (χ0n) is 19.6. The van der Waals surface area contributed by atoms with Crippen LogP contribution in [-0.2, 0) is 19.2 Å². The number of aliphatic hydroxyl groups excluding tert-OH is 1. The van der Waals surface area contributed by atoms with E-state index < -0.39 is 54.0 Å². The Morgan fingerprint density at radius 1 is 0.839 bits per heavy atom. The third kappa shape index (κ3) is 9.65. The maximum Gasteiger partial charge on any atom is 0.326 e. The molecule has 3 amide bonds. The average molecular weight is 445 g/mol. The van der Waals surface area contributed by atoms with E-state index in [4.69, 9.17) is 5.73 Å². The Bertz CT molecular complexity index is 623. The molecule has 0 bridgehead atoms. The Morgan fingerprint density at radius 3 is 1.74 bits per heavy atom. The molecule has 180 valence electrons. The number of nitrogens with one attached hydrogen (secondary N) is 3. The summed E-state index contributed by atoms with van der Waals surface area (Å²) in [5, 5.41) is 26.8. The summed E-state index contributed by atoms with van der Waals surface area (Å²) in [6.45, 7) is 12.1. The monoisotopic (exact) mass is 444 g/mol. The maximum atomic E-state index is 12.8. The number of hydrogen-bond donors (Lipinski definition) is 6. The normalized spacial score (nSPS) is 17.3.